The lowest BCUT2D eigenvalue weighted by molar-refractivity contribution is 0.0691. The van der Waals surface area contributed by atoms with Crippen LogP contribution in [0.25, 0.3) is 11.5 Å². The van der Waals surface area contributed by atoms with E-state index in [9.17, 15) is 4.79 Å². The molecule has 0 aliphatic heterocycles. The van der Waals surface area contributed by atoms with Crippen LogP contribution in [0.3, 0.4) is 0 Å². The molecule has 0 saturated heterocycles. The lowest BCUT2D eigenvalue weighted by Gasteiger charge is -1.89. The van der Waals surface area contributed by atoms with Gasteiger partial charge in [0.2, 0.25) is 5.76 Å². The number of carboxylic acid groups (broad SMARTS) is 1. The number of carbonyl (C=O) groups is 1. The molecule has 0 spiro atoms. The highest BCUT2D eigenvalue weighted by Gasteiger charge is 2.19. The molecule has 0 atom stereocenters. The number of nitrogens with zero attached hydrogens (tertiary/aromatic N) is 2. The van der Waals surface area contributed by atoms with E-state index < -0.39 is 5.97 Å². The predicted octanol–water partition coefficient (Wildman–Crippen LogP) is 1.03. The van der Waals surface area contributed by atoms with Gasteiger partial charge in [0.15, 0.2) is 24.2 Å². The monoisotopic (exact) mass is 180 g/mol. The van der Waals surface area contributed by atoms with Crippen LogP contribution in [0.4, 0.5) is 0 Å². The van der Waals surface area contributed by atoms with Gasteiger partial charge in [-0.15, -0.1) is 0 Å². The Morgan fingerprint density at radius 3 is 2.85 bits per heavy atom. The smallest absolute Gasteiger partial charge is 0.358 e. The fourth-order valence-corrected chi connectivity index (χ4v) is 0.901. The maximum Gasteiger partial charge on any atom is 0.358 e. The van der Waals surface area contributed by atoms with Crippen LogP contribution in [0.1, 0.15) is 10.5 Å². The van der Waals surface area contributed by atoms with E-state index in [4.69, 9.17) is 13.9 Å². The Morgan fingerprint density at radius 1 is 1.38 bits per heavy atom. The molecule has 0 saturated carbocycles. The number of oxazole rings is 2. The van der Waals surface area contributed by atoms with Gasteiger partial charge in [-0.3, -0.25) is 0 Å². The molecule has 0 amide bonds. The van der Waals surface area contributed by atoms with Crippen molar-refractivity contribution in [3.05, 3.63) is 24.7 Å². The van der Waals surface area contributed by atoms with Crippen molar-refractivity contribution in [3.8, 4) is 11.5 Å². The summed E-state index contributed by atoms with van der Waals surface area (Å²) in [5, 5.41) is 8.67. The molecule has 2 rings (SSSR count). The molecule has 66 valence electrons. The number of aromatic nitrogens is 2. The Labute approximate surface area is 71.8 Å². The van der Waals surface area contributed by atoms with E-state index in [0.29, 0.717) is 0 Å². The molecule has 0 bridgehead atoms. The van der Waals surface area contributed by atoms with Crippen molar-refractivity contribution in [1.82, 2.24) is 9.97 Å². The molecule has 0 fully saturated rings. The zero-order chi connectivity index (χ0) is 9.26. The maximum absolute atomic E-state index is 10.6. The summed E-state index contributed by atoms with van der Waals surface area (Å²) in [6.07, 6.45) is 3.58. The molecule has 2 aromatic rings. The molecule has 13 heavy (non-hydrogen) atoms. The van der Waals surface area contributed by atoms with E-state index in [1.165, 1.54) is 12.6 Å². The predicted molar refractivity (Wildman–Crippen MR) is 39.0 cm³/mol. The van der Waals surface area contributed by atoms with Gasteiger partial charge in [0, 0.05) is 0 Å². The third-order valence-corrected chi connectivity index (χ3v) is 1.43. The van der Waals surface area contributed by atoms with Crippen molar-refractivity contribution >= 4 is 5.97 Å². The van der Waals surface area contributed by atoms with Crippen LogP contribution in [-0.2, 0) is 0 Å². The Kier molecular flexibility index (Phi) is 1.59. The van der Waals surface area contributed by atoms with Crippen molar-refractivity contribution in [2.45, 2.75) is 0 Å². The van der Waals surface area contributed by atoms with E-state index >= 15 is 0 Å². The van der Waals surface area contributed by atoms with Crippen molar-refractivity contribution in [1.29, 1.82) is 0 Å². The van der Waals surface area contributed by atoms with E-state index in [2.05, 4.69) is 9.97 Å². The first-order valence-electron chi connectivity index (χ1n) is 3.34. The van der Waals surface area contributed by atoms with E-state index in [1.807, 2.05) is 0 Å². The third kappa shape index (κ3) is 1.18. The van der Waals surface area contributed by atoms with Gasteiger partial charge in [0.05, 0.1) is 6.20 Å². The normalized spacial score (nSPS) is 10.2. The summed E-state index contributed by atoms with van der Waals surface area (Å²) in [6.45, 7) is 0. The quantitative estimate of drug-likeness (QED) is 0.742. The van der Waals surface area contributed by atoms with Crippen LogP contribution in [0.5, 0.6) is 0 Å². The zero-order valence-corrected chi connectivity index (χ0v) is 6.30. The summed E-state index contributed by atoms with van der Waals surface area (Å²) in [4.78, 5) is 17.7. The van der Waals surface area contributed by atoms with Crippen LogP contribution in [-0.4, -0.2) is 21.0 Å². The molecule has 0 radical (unpaired) electrons. The molecular weight excluding hydrogens is 176 g/mol. The number of carboxylic acids is 1. The fraction of sp³-hybridized carbons (Fsp3) is 0. The van der Waals surface area contributed by atoms with Gasteiger partial charge in [-0.25, -0.2) is 14.8 Å². The Balaban J connectivity index is 2.52. The molecule has 2 heterocycles. The molecular formula is C7H4N2O4. The standard InChI is InChI=1S/C7H4N2O4/c10-7(11)5-6(13-3-9-5)4-1-8-2-12-4/h1-3H,(H,10,11). The van der Waals surface area contributed by atoms with Gasteiger partial charge >= 0.3 is 5.97 Å². The molecule has 2 aromatic heterocycles. The first-order chi connectivity index (χ1) is 6.29. The Hall–Kier alpha value is -2.11. The van der Waals surface area contributed by atoms with Crippen LogP contribution >= 0.6 is 0 Å². The van der Waals surface area contributed by atoms with E-state index in [1.54, 1.807) is 0 Å². The van der Waals surface area contributed by atoms with Gasteiger partial charge < -0.3 is 13.9 Å². The lowest BCUT2D eigenvalue weighted by atomic mass is 10.3. The minimum Gasteiger partial charge on any atom is -0.476 e. The average molecular weight is 180 g/mol. The van der Waals surface area contributed by atoms with Gasteiger partial charge in [-0.05, 0) is 0 Å². The highest BCUT2D eigenvalue weighted by Crippen LogP contribution is 2.21. The van der Waals surface area contributed by atoms with E-state index in [0.717, 1.165) is 6.39 Å². The lowest BCUT2D eigenvalue weighted by Crippen LogP contribution is -1.97. The van der Waals surface area contributed by atoms with Crippen LogP contribution in [0.15, 0.2) is 27.8 Å². The Morgan fingerprint density at radius 2 is 2.23 bits per heavy atom. The number of hydrogen-bond acceptors (Lipinski definition) is 5. The minimum absolute atomic E-state index is 0.0741. The summed E-state index contributed by atoms with van der Waals surface area (Å²) in [6, 6.07) is 0. The van der Waals surface area contributed by atoms with Gasteiger partial charge in [0.1, 0.15) is 0 Å². The largest absolute Gasteiger partial charge is 0.476 e. The van der Waals surface area contributed by atoms with Crippen LogP contribution in [0, 0.1) is 0 Å². The topological polar surface area (TPSA) is 89.4 Å². The third-order valence-electron chi connectivity index (χ3n) is 1.43. The maximum atomic E-state index is 10.6. The zero-order valence-electron chi connectivity index (χ0n) is 6.30. The van der Waals surface area contributed by atoms with Gasteiger partial charge in [0.25, 0.3) is 0 Å². The summed E-state index contributed by atoms with van der Waals surface area (Å²) >= 11 is 0. The highest BCUT2D eigenvalue weighted by atomic mass is 16.4. The summed E-state index contributed by atoms with van der Waals surface area (Å²) in [5.74, 6) is -0.847. The second kappa shape index (κ2) is 2.74. The number of rotatable bonds is 2. The van der Waals surface area contributed by atoms with Crippen molar-refractivity contribution in [3.63, 3.8) is 0 Å². The molecule has 0 aromatic carbocycles. The van der Waals surface area contributed by atoms with Crippen molar-refractivity contribution in [2.24, 2.45) is 0 Å². The van der Waals surface area contributed by atoms with Crippen LogP contribution in [0.2, 0.25) is 0 Å². The van der Waals surface area contributed by atoms with Gasteiger partial charge in [-0.1, -0.05) is 0 Å². The van der Waals surface area contributed by atoms with Crippen molar-refractivity contribution in [2.75, 3.05) is 0 Å². The fourth-order valence-electron chi connectivity index (χ4n) is 0.901. The van der Waals surface area contributed by atoms with Crippen LogP contribution < -0.4 is 0 Å². The summed E-state index contributed by atoms with van der Waals surface area (Å²) in [5.41, 5.74) is -0.184. The van der Waals surface area contributed by atoms with Crippen molar-refractivity contribution < 1.29 is 18.7 Å². The number of aromatic carboxylic acids is 1. The number of hydrogen-bond donors (Lipinski definition) is 1. The molecule has 1 N–H and O–H groups in total. The molecule has 6 heteroatoms. The van der Waals surface area contributed by atoms with E-state index in [-0.39, 0.29) is 17.2 Å². The first kappa shape index (κ1) is 7.53. The van der Waals surface area contributed by atoms with Gasteiger partial charge in [-0.2, -0.15) is 0 Å². The molecule has 6 nitrogen and oxygen atoms in total. The summed E-state index contributed by atoms with van der Waals surface area (Å²) in [7, 11) is 0. The molecule has 0 unspecified atom stereocenters. The molecule has 0 aliphatic rings. The molecule has 0 aliphatic carbocycles. The average Bonchev–Trinajstić information content (AvgIpc) is 2.74. The summed E-state index contributed by atoms with van der Waals surface area (Å²) < 4.78 is 9.71. The second-order valence-electron chi connectivity index (χ2n) is 2.20. The first-order valence-corrected chi connectivity index (χ1v) is 3.34. The highest BCUT2D eigenvalue weighted by molar-refractivity contribution is 5.91. The minimum atomic E-state index is -1.17. The second-order valence-corrected chi connectivity index (χ2v) is 2.20. The SMILES string of the molecule is O=C(O)c1ncoc1-c1cnco1. The Bertz CT molecular complexity index is 417.